The summed E-state index contributed by atoms with van der Waals surface area (Å²) < 4.78 is 8.04. The molecule has 3 nitrogen and oxygen atoms in total. The first-order valence-corrected chi connectivity index (χ1v) is 7.83. The summed E-state index contributed by atoms with van der Waals surface area (Å²) in [4.78, 5) is 0. The molecule has 2 heterocycles. The molecule has 0 aliphatic carbocycles. The first-order chi connectivity index (χ1) is 10.1. The van der Waals surface area contributed by atoms with Gasteiger partial charge in [-0.3, -0.25) is 0 Å². The molecule has 0 amide bonds. The van der Waals surface area contributed by atoms with Gasteiger partial charge in [0.05, 0.1) is 13.2 Å². The molecule has 4 heteroatoms. The SMILES string of the molecule is CC(C)NCc1cccn1Cc1cc(Cl)cc2c1OCC2. The highest BCUT2D eigenvalue weighted by Crippen LogP contribution is 2.33. The summed E-state index contributed by atoms with van der Waals surface area (Å²) in [5.41, 5.74) is 3.67. The van der Waals surface area contributed by atoms with Crippen LogP contribution in [0.15, 0.2) is 30.5 Å². The summed E-state index contributed by atoms with van der Waals surface area (Å²) in [5, 5.41) is 4.25. The Labute approximate surface area is 130 Å². The van der Waals surface area contributed by atoms with Gasteiger partial charge in [0.2, 0.25) is 0 Å². The van der Waals surface area contributed by atoms with Crippen molar-refractivity contribution in [1.29, 1.82) is 0 Å². The standard InChI is InChI=1S/C17H21ClN2O/c1-12(2)19-10-16-4-3-6-20(16)11-14-9-15(18)8-13-5-7-21-17(13)14/h3-4,6,8-9,12,19H,5,7,10-11H2,1-2H3. The quantitative estimate of drug-likeness (QED) is 0.913. The van der Waals surface area contributed by atoms with Crippen LogP contribution in [0.1, 0.15) is 30.7 Å². The van der Waals surface area contributed by atoms with E-state index in [4.69, 9.17) is 16.3 Å². The van der Waals surface area contributed by atoms with E-state index in [0.29, 0.717) is 6.04 Å². The molecule has 0 atom stereocenters. The van der Waals surface area contributed by atoms with Crippen LogP contribution >= 0.6 is 11.6 Å². The van der Waals surface area contributed by atoms with Crippen LogP contribution < -0.4 is 10.1 Å². The molecule has 21 heavy (non-hydrogen) atoms. The summed E-state index contributed by atoms with van der Waals surface area (Å²) in [7, 11) is 0. The molecule has 1 aliphatic heterocycles. The lowest BCUT2D eigenvalue weighted by Gasteiger charge is -2.14. The summed E-state index contributed by atoms with van der Waals surface area (Å²) >= 11 is 6.23. The van der Waals surface area contributed by atoms with Crippen LogP contribution in [0.25, 0.3) is 0 Å². The van der Waals surface area contributed by atoms with E-state index in [0.717, 1.165) is 42.5 Å². The van der Waals surface area contributed by atoms with Crippen molar-refractivity contribution in [3.05, 3.63) is 52.3 Å². The van der Waals surface area contributed by atoms with Crippen LogP contribution in [0.3, 0.4) is 0 Å². The van der Waals surface area contributed by atoms with Crippen molar-refractivity contribution in [3.8, 4) is 5.75 Å². The van der Waals surface area contributed by atoms with Crippen molar-refractivity contribution in [2.75, 3.05) is 6.61 Å². The second kappa shape index (κ2) is 6.12. The van der Waals surface area contributed by atoms with E-state index in [-0.39, 0.29) is 0 Å². The Kier molecular flexibility index (Phi) is 4.22. The lowest BCUT2D eigenvalue weighted by atomic mass is 10.1. The molecular weight excluding hydrogens is 284 g/mol. The summed E-state index contributed by atoms with van der Waals surface area (Å²) in [5.74, 6) is 1.02. The van der Waals surface area contributed by atoms with Gasteiger partial charge < -0.3 is 14.6 Å². The third-order valence-corrected chi connectivity index (χ3v) is 4.00. The fraction of sp³-hybridized carbons (Fsp3) is 0.412. The van der Waals surface area contributed by atoms with E-state index < -0.39 is 0 Å². The molecule has 0 saturated carbocycles. The molecular formula is C17H21ClN2O. The van der Waals surface area contributed by atoms with Gasteiger partial charge in [-0.25, -0.2) is 0 Å². The molecule has 1 N–H and O–H groups in total. The predicted octanol–water partition coefficient (Wildman–Crippen LogP) is 3.62. The fourth-order valence-electron chi connectivity index (χ4n) is 2.72. The van der Waals surface area contributed by atoms with Crippen molar-refractivity contribution in [3.63, 3.8) is 0 Å². The van der Waals surface area contributed by atoms with Crippen molar-refractivity contribution in [2.45, 2.75) is 39.4 Å². The van der Waals surface area contributed by atoms with E-state index in [1.807, 2.05) is 12.1 Å². The minimum Gasteiger partial charge on any atom is -0.493 e. The van der Waals surface area contributed by atoms with Gasteiger partial charge in [-0.1, -0.05) is 25.4 Å². The minimum atomic E-state index is 0.479. The van der Waals surface area contributed by atoms with Crippen molar-refractivity contribution < 1.29 is 4.74 Å². The maximum atomic E-state index is 6.23. The molecule has 0 spiro atoms. The van der Waals surface area contributed by atoms with E-state index in [9.17, 15) is 0 Å². The smallest absolute Gasteiger partial charge is 0.127 e. The van der Waals surface area contributed by atoms with Crippen LogP contribution in [0.5, 0.6) is 5.75 Å². The third-order valence-electron chi connectivity index (χ3n) is 3.78. The summed E-state index contributed by atoms with van der Waals surface area (Å²) in [6.45, 7) is 6.74. The largest absolute Gasteiger partial charge is 0.493 e. The number of hydrogen-bond donors (Lipinski definition) is 1. The zero-order valence-corrected chi connectivity index (χ0v) is 13.3. The Morgan fingerprint density at radius 2 is 2.24 bits per heavy atom. The molecule has 0 bridgehead atoms. The number of fused-ring (bicyclic) bond motifs is 1. The maximum absolute atomic E-state index is 6.23. The molecule has 1 aromatic carbocycles. The summed E-state index contributed by atoms with van der Waals surface area (Å²) in [6, 6.07) is 8.76. The molecule has 0 unspecified atom stereocenters. The minimum absolute atomic E-state index is 0.479. The monoisotopic (exact) mass is 304 g/mol. The van der Waals surface area contributed by atoms with Gasteiger partial charge in [0.15, 0.2) is 0 Å². The predicted molar refractivity (Wildman–Crippen MR) is 86.2 cm³/mol. The van der Waals surface area contributed by atoms with Crippen molar-refractivity contribution in [1.82, 2.24) is 9.88 Å². The summed E-state index contributed by atoms with van der Waals surface area (Å²) in [6.07, 6.45) is 3.07. The molecule has 1 aromatic heterocycles. The number of nitrogens with zero attached hydrogens (tertiary/aromatic N) is 1. The third kappa shape index (κ3) is 3.25. The highest BCUT2D eigenvalue weighted by Gasteiger charge is 2.18. The second-order valence-electron chi connectivity index (χ2n) is 5.81. The van der Waals surface area contributed by atoms with Gasteiger partial charge in [-0.2, -0.15) is 0 Å². The average molecular weight is 305 g/mol. The number of ether oxygens (including phenoxy) is 1. The lowest BCUT2D eigenvalue weighted by molar-refractivity contribution is 0.352. The van der Waals surface area contributed by atoms with Crippen LogP contribution in [-0.2, 0) is 19.5 Å². The molecule has 112 valence electrons. The molecule has 0 fully saturated rings. The second-order valence-corrected chi connectivity index (χ2v) is 6.25. The van der Waals surface area contributed by atoms with Gasteiger partial charge >= 0.3 is 0 Å². The van der Waals surface area contributed by atoms with Gasteiger partial charge in [-0.15, -0.1) is 0 Å². The van der Waals surface area contributed by atoms with E-state index in [2.05, 4.69) is 42.1 Å². The molecule has 0 saturated heterocycles. The lowest BCUT2D eigenvalue weighted by Crippen LogP contribution is -2.23. The van der Waals surface area contributed by atoms with Gasteiger partial charge in [-0.05, 0) is 29.8 Å². The van der Waals surface area contributed by atoms with Crippen LogP contribution in [-0.4, -0.2) is 17.2 Å². The first-order valence-electron chi connectivity index (χ1n) is 7.45. The van der Waals surface area contributed by atoms with E-state index in [1.54, 1.807) is 0 Å². The Morgan fingerprint density at radius 3 is 3.05 bits per heavy atom. The molecule has 3 rings (SSSR count). The molecule has 0 radical (unpaired) electrons. The van der Waals surface area contributed by atoms with Crippen LogP contribution in [0.2, 0.25) is 5.02 Å². The molecule has 2 aromatic rings. The van der Waals surface area contributed by atoms with Crippen molar-refractivity contribution >= 4 is 11.6 Å². The number of rotatable bonds is 5. The molecule has 1 aliphatic rings. The number of benzene rings is 1. The van der Waals surface area contributed by atoms with Crippen LogP contribution in [0, 0.1) is 0 Å². The zero-order chi connectivity index (χ0) is 14.8. The highest BCUT2D eigenvalue weighted by atomic mass is 35.5. The van der Waals surface area contributed by atoms with Gasteiger partial charge in [0, 0.05) is 41.5 Å². The van der Waals surface area contributed by atoms with Crippen molar-refractivity contribution in [2.24, 2.45) is 0 Å². The number of aromatic nitrogens is 1. The maximum Gasteiger partial charge on any atom is 0.127 e. The number of nitrogens with one attached hydrogen (secondary N) is 1. The Bertz CT molecular complexity index is 634. The average Bonchev–Trinajstić information content (AvgIpc) is 3.05. The fourth-order valence-corrected chi connectivity index (χ4v) is 2.98. The van der Waals surface area contributed by atoms with E-state index in [1.165, 1.54) is 11.3 Å². The first kappa shape index (κ1) is 14.5. The normalized spacial score (nSPS) is 13.5. The topological polar surface area (TPSA) is 26.2 Å². The Balaban J connectivity index is 1.83. The Hall–Kier alpha value is -1.45. The highest BCUT2D eigenvalue weighted by molar-refractivity contribution is 6.30. The zero-order valence-electron chi connectivity index (χ0n) is 12.5. The number of halogens is 1. The van der Waals surface area contributed by atoms with Gasteiger partial charge in [0.25, 0.3) is 0 Å². The number of hydrogen-bond acceptors (Lipinski definition) is 2. The van der Waals surface area contributed by atoms with E-state index >= 15 is 0 Å². The van der Waals surface area contributed by atoms with Gasteiger partial charge in [0.1, 0.15) is 5.75 Å². The van der Waals surface area contributed by atoms with Crippen LogP contribution in [0.4, 0.5) is 0 Å². The Morgan fingerprint density at radius 1 is 1.38 bits per heavy atom.